The molecule has 1 heterocycles. The lowest BCUT2D eigenvalue weighted by atomic mass is 9.98. The summed E-state index contributed by atoms with van der Waals surface area (Å²) in [6.45, 7) is 6.44. The van der Waals surface area contributed by atoms with Gasteiger partial charge in [0.15, 0.2) is 6.79 Å². The Morgan fingerprint density at radius 3 is 2.69 bits per heavy atom. The summed E-state index contributed by atoms with van der Waals surface area (Å²) in [4.78, 5) is 36.9. The van der Waals surface area contributed by atoms with Crippen LogP contribution in [-0.2, 0) is 23.4 Å². The number of nitrogens with one attached hydrogen (secondary N) is 1. The van der Waals surface area contributed by atoms with Crippen LogP contribution < -0.4 is 21.1 Å². The molecule has 1 aliphatic rings. The topological polar surface area (TPSA) is 111 Å². The Labute approximate surface area is 152 Å². The van der Waals surface area contributed by atoms with Crippen LogP contribution in [-0.4, -0.2) is 38.7 Å². The smallest absolute Gasteiger partial charge is 0.438 e. The number of hydrogen-bond donors (Lipinski definition) is 1. The fourth-order valence-electron chi connectivity index (χ4n) is 2.54. The maximum atomic E-state index is 11.8. The quantitative estimate of drug-likeness (QED) is 0.304. The van der Waals surface area contributed by atoms with E-state index in [1.165, 1.54) is 0 Å². The highest BCUT2D eigenvalue weighted by Crippen LogP contribution is 2.24. The third-order valence-corrected chi connectivity index (χ3v) is 4.34. The van der Waals surface area contributed by atoms with Gasteiger partial charge in [-0.2, -0.15) is 0 Å². The standard InChI is InChI=1S/C16H23N2O7P/c1-16(2,3)15(21)24-9-23-10(25-26-22)5-8-18-7-4-6-17-11-12(18)14(20)13(11)19/h10,26H,4-9H2,1-3H3/p+1. The van der Waals surface area contributed by atoms with E-state index in [1.54, 1.807) is 25.7 Å². The minimum absolute atomic E-state index is 0.292. The van der Waals surface area contributed by atoms with E-state index < -0.39 is 37.2 Å². The second-order valence-corrected chi connectivity index (χ2v) is 7.44. The third kappa shape index (κ3) is 4.87. The molecule has 0 aliphatic carbocycles. The van der Waals surface area contributed by atoms with Gasteiger partial charge in [-0.15, -0.1) is 4.52 Å². The van der Waals surface area contributed by atoms with E-state index in [-0.39, 0.29) is 6.79 Å². The summed E-state index contributed by atoms with van der Waals surface area (Å²) in [5, 5.41) is 2.96. The third-order valence-electron chi connectivity index (χ3n) is 3.98. The Kier molecular flexibility index (Phi) is 6.86. The molecule has 0 saturated carbocycles. The number of hydrogen-bond acceptors (Lipinski definition) is 9. The monoisotopic (exact) mass is 387 g/mol. The van der Waals surface area contributed by atoms with E-state index in [4.69, 9.17) is 14.0 Å². The van der Waals surface area contributed by atoms with Crippen molar-refractivity contribution in [3.05, 3.63) is 20.4 Å². The predicted molar refractivity (Wildman–Crippen MR) is 96.7 cm³/mol. The molecule has 2 unspecified atom stereocenters. The van der Waals surface area contributed by atoms with Crippen LogP contribution in [0, 0.1) is 5.41 Å². The summed E-state index contributed by atoms with van der Waals surface area (Å²) in [5.74, 6) is -0.423. The molecule has 0 spiro atoms. The maximum absolute atomic E-state index is 11.8. The molecule has 10 heteroatoms. The highest BCUT2D eigenvalue weighted by atomic mass is 31.1. The molecule has 1 N–H and O–H groups in total. The number of ether oxygens (including phenoxy) is 2. The van der Waals surface area contributed by atoms with Crippen LogP contribution in [0.25, 0.3) is 0 Å². The lowest BCUT2D eigenvalue weighted by molar-refractivity contribution is -0.185. The minimum Gasteiger partial charge on any atom is -0.438 e. The van der Waals surface area contributed by atoms with Crippen LogP contribution in [0.5, 0.6) is 0 Å². The zero-order chi connectivity index (χ0) is 19.3. The van der Waals surface area contributed by atoms with Gasteiger partial charge in [-0.3, -0.25) is 14.4 Å². The summed E-state index contributed by atoms with van der Waals surface area (Å²) < 4.78 is 26.2. The van der Waals surface area contributed by atoms with Gasteiger partial charge in [-0.1, -0.05) is 0 Å². The molecule has 0 amide bonds. The van der Waals surface area contributed by atoms with E-state index in [2.05, 4.69) is 5.32 Å². The van der Waals surface area contributed by atoms with Crippen LogP contribution in [0.4, 0.5) is 11.4 Å². The predicted octanol–water partition coefficient (Wildman–Crippen LogP) is 1.14. The van der Waals surface area contributed by atoms with Crippen molar-refractivity contribution < 1.29 is 23.4 Å². The van der Waals surface area contributed by atoms with Crippen LogP contribution in [0.3, 0.4) is 0 Å². The molecule has 144 valence electrons. The summed E-state index contributed by atoms with van der Waals surface area (Å²) in [5.41, 5.74) is -0.909. The lowest BCUT2D eigenvalue weighted by Gasteiger charge is -2.25. The van der Waals surface area contributed by atoms with Gasteiger partial charge in [-0.25, -0.2) is 0 Å². The number of esters is 1. The Balaban J connectivity index is 1.89. The lowest BCUT2D eigenvalue weighted by Crippen LogP contribution is -2.42. The molecule has 9 nitrogen and oxygen atoms in total. The van der Waals surface area contributed by atoms with Gasteiger partial charge < -0.3 is 19.7 Å². The largest absolute Gasteiger partial charge is 0.496 e. The Morgan fingerprint density at radius 1 is 1.31 bits per heavy atom. The second kappa shape index (κ2) is 8.70. The molecule has 1 aliphatic heterocycles. The minimum atomic E-state index is -1.03. The van der Waals surface area contributed by atoms with Gasteiger partial charge in [0.2, 0.25) is 6.29 Å². The van der Waals surface area contributed by atoms with Gasteiger partial charge >= 0.3 is 14.7 Å². The fraction of sp³-hybridized carbons (Fsp3) is 0.688. The van der Waals surface area contributed by atoms with E-state index in [1.807, 2.05) is 0 Å². The molecule has 1 aromatic carbocycles. The first kappa shape index (κ1) is 20.5. The molecule has 0 radical (unpaired) electrons. The zero-order valence-electron chi connectivity index (χ0n) is 15.1. The number of fused-ring (bicyclic) bond motifs is 1. The highest BCUT2D eigenvalue weighted by molar-refractivity contribution is 7.17. The van der Waals surface area contributed by atoms with Gasteiger partial charge in [0, 0.05) is 26.1 Å². The van der Waals surface area contributed by atoms with Crippen LogP contribution in [0.15, 0.2) is 9.59 Å². The molecule has 0 saturated heterocycles. The maximum Gasteiger partial charge on any atom is 0.496 e. The number of rotatable bonds is 8. The Bertz CT molecular complexity index is 721. The first-order valence-electron chi connectivity index (χ1n) is 8.39. The van der Waals surface area contributed by atoms with Crippen molar-refractivity contribution in [1.29, 1.82) is 0 Å². The number of carbonyl (C=O) groups excluding carboxylic acids is 1. The highest BCUT2D eigenvalue weighted by Gasteiger charge is 2.29. The van der Waals surface area contributed by atoms with E-state index in [0.29, 0.717) is 37.4 Å². The van der Waals surface area contributed by atoms with Crippen LogP contribution in [0.1, 0.15) is 33.6 Å². The normalized spacial score (nSPS) is 16.0. The molecule has 26 heavy (non-hydrogen) atoms. The number of anilines is 2. The van der Waals surface area contributed by atoms with Crippen LogP contribution >= 0.6 is 8.69 Å². The molecule has 0 aromatic heterocycles. The fourth-order valence-corrected chi connectivity index (χ4v) is 2.83. The molecule has 2 rings (SSSR count). The molecule has 0 fully saturated rings. The van der Waals surface area contributed by atoms with Crippen molar-refractivity contribution in [1.82, 2.24) is 0 Å². The van der Waals surface area contributed by atoms with Crippen molar-refractivity contribution in [3.8, 4) is 0 Å². The molecule has 2 atom stereocenters. The van der Waals surface area contributed by atoms with E-state index in [0.717, 1.165) is 6.42 Å². The summed E-state index contributed by atoms with van der Waals surface area (Å²) in [6, 6.07) is 0. The molecular formula is C16H24N2O7P+. The number of carbonyl (C=O) groups is 1. The second-order valence-electron chi connectivity index (χ2n) is 7.03. The first-order chi connectivity index (χ1) is 12.3. The van der Waals surface area contributed by atoms with Crippen LogP contribution in [0.2, 0.25) is 0 Å². The van der Waals surface area contributed by atoms with Gasteiger partial charge in [0.1, 0.15) is 11.4 Å². The average molecular weight is 387 g/mol. The van der Waals surface area contributed by atoms with E-state index in [9.17, 15) is 18.9 Å². The summed E-state index contributed by atoms with van der Waals surface area (Å²) in [7, 11) is -1.03. The Morgan fingerprint density at radius 2 is 2.04 bits per heavy atom. The van der Waals surface area contributed by atoms with Gasteiger partial charge in [-0.05, 0) is 31.8 Å². The molecular weight excluding hydrogens is 363 g/mol. The summed E-state index contributed by atoms with van der Waals surface area (Å²) >= 11 is 0. The van der Waals surface area contributed by atoms with Crippen molar-refractivity contribution >= 4 is 26.0 Å². The summed E-state index contributed by atoms with van der Waals surface area (Å²) in [6.07, 6.45) is 0.206. The van der Waals surface area contributed by atoms with Gasteiger partial charge in [0.25, 0.3) is 10.9 Å². The molecule has 1 aromatic rings. The Hall–Kier alpha value is -1.83. The van der Waals surface area contributed by atoms with Crippen molar-refractivity contribution in [2.24, 2.45) is 5.41 Å². The van der Waals surface area contributed by atoms with Crippen molar-refractivity contribution in [2.45, 2.75) is 39.9 Å². The molecule has 0 bridgehead atoms. The van der Waals surface area contributed by atoms with Gasteiger partial charge in [0.05, 0.1) is 5.41 Å². The zero-order valence-corrected chi connectivity index (χ0v) is 16.1. The average Bonchev–Trinajstić information content (AvgIpc) is 2.78. The van der Waals surface area contributed by atoms with Crippen molar-refractivity contribution in [2.75, 3.05) is 36.6 Å². The SMILES string of the molecule is CC(C)(C)C(=O)OCOC(CCN1CCCNc2c1c(=O)c2=O)O[PH+]=O. The first-order valence-corrected chi connectivity index (χ1v) is 9.21. The number of nitrogens with zero attached hydrogens (tertiary/aromatic N) is 1. The van der Waals surface area contributed by atoms with E-state index >= 15 is 0 Å². The van der Waals surface area contributed by atoms with Crippen molar-refractivity contribution in [3.63, 3.8) is 0 Å².